The first-order chi connectivity index (χ1) is 14.0. The van der Waals surface area contributed by atoms with Gasteiger partial charge in [0.15, 0.2) is 5.58 Å². The fourth-order valence-electron chi connectivity index (χ4n) is 2.64. The highest BCUT2D eigenvalue weighted by molar-refractivity contribution is 7.99. The van der Waals surface area contributed by atoms with Crippen LogP contribution in [0.25, 0.3) is 11.1 Å². The molecule has 6 nitrogen and oxygen atoms in total. The molecule has 3 rings (SSSR count). The van der Waals surface area contributed by atoms with E-state index >= 15 is 0 Å². The summed E-state index contributed by atoms with van der Waals surface area (Å²) in [7, 11) is 0. The van der Waals surface area contributed by atoms with Crippen molar-refractivity contribution in [1.29, 1.82) is 0 Å². The molecule has 1 N–H and O–H groups in total. The van der Waals surface area contributed by atoms with Crippen molar-refractivity contribution in [2.75, 3.05) is 24.2 Å². The van der Waals surface area contributed by atoms with Crippen molar-refractivity contribution in [3.05, 3.63) is 52.5 Å². The number of hydrogen-bond acceptors (Lipinski definition) is 5. The zero-order chi connectivity index (χ0) is 20.8. The quantitative estimate of drug-likeness (QED) is 0.481. The van der Waals surface area contributed by atoms with Gasteiger partial charge in [-0.15, -0.1) is 0 Å². The number of aromatic nitrogens is 1. The van der Waals surface area contributed by atoms with Crippen molar-refractivity contribution in [1.82, 2.24) is 9.88 Å². The number of oxazole rings is 1. The average Bonchev–Trinajstić information content (AvgIpc) is 3.11. The SMILES string of the molecule is CCCN(CC(=O)Nc1ccc(Cl)cc1Cl)C(=O)CSc1nc2ccccc2o1. The Morgan fingerprint density at radius 2 is 2.00 bits per heavy atom. The number of thioether (sulfide) groups is 1. The molecule has 0 radical (unpaired) electrons. The summed E-state index contributed by atoms with van der Waals surface area (Å²) in [4.78, 5) is 30.9. The molecule has 2 amide bonds. The molecular weight excluding hydrogens is 433 g/mol. The molecule has 0 aliphatic rings. The van der Waals surface area contributed by atoms with Crippen LogP contribution in [0.4, 0.5) is 5.69 Å². The van der Waals surface area contributed by atoms with Gasteiger partial charge in [0.2, 0.25) is 11.8 Å². The molecule has 1 aromatic heterocycles. The van der Waals surface area contributed by atoms with Gasteiger partial charge in [-0.25, -0.2) is 4.98 Å². The molecule has 0 atom stereocenters. The standard InChI is InChI=1S/C20H19Cl2N3O3S/c1-2-9-25(11-18(26)23-15-8-7-13(21)10-14(15)22)19(27)12-29-20-24-16-5-3-4-6-17(16)28-20/h3-8,10H,2,9,11-12H2,1H3,(H,23,26). The summed E-state index contributed by atoms with van der Waals surface area (Å²) >= 11 is 13.2. The number of carbonyl (C=O) groups excluding carboxylic acids is 2. The molecule has 29 heavy (non-hydrogen) atoms. The molecule has 0 saturated heterocycles. The van der Waals surface area contributed by atoms with Gasteiger partial charge in [0.05, 0.1) is 23.0 Å². The number of fused-ring (bicyclic) bond motifs is 1. The molecule has 0 unspecified atom stereocenters. The zero-order valence-electron chi connectivity index (χ0n) is 15.7. The Labute approximate surface area is 182 Å². The molecule has 3 aromatic rings. The normalized spacial score (nSPS) is 10.9. The van der Waals surface area contributed by atoms with E-state index in [2.05, 4.69) is 10.3 Å². The van der Waals surface area contributed by atoms with Gasteiger partial charge in [0.25, 0.3) is 5.22 Å². The highest BCUT2D eigenvalue weighted by atomic mass is 35.5. The third-order valence-corrected chi connectivity index (χ3v) is 5.34. The van der Waals surface area contributed by atoms with E-state index in [1.165, 1.54) is 16.7 Å². The highest BCUT2D eigenvalue weighted by Crippen LogP contribution is 2.26. The second-order valence-corrected chi connectivity index (χ2v) is 7.99. The Balaban J connectivity index is 1.58. The summed E-state index contributed by atoms with van der Waals surface area (Å²) in [5, 5.41) is 3.95. The average molecular weight is 452 g/mol. The minimum atomic E-state index is -0.331. The van der Waals surface area contributed by atoms with Crippen LogP contribution in [-0.4, -0.2) is 40.5 Å². The number of benzene rings is 2. The van der Waals surface area contributed by atoms with E-state index in [0.717, 1.165) is 11.9 Å². The molecule has 1 heterocycles. The van der Waals surface area contributed by atoms with Gasteiger partial charge in [-0.05, 0) is 36.8 Å². The van der Waals surface area contributed by atoms with E-state index in [-0.39, 0.29) is 24.1 Å². The van der Waals surface area contributed by atoms with E-state index in [1.807, 2.05) is 31.2 Å². The predicted octanol–water partition coefficient (Wildman–Crippen LogP) is 5.10. The van der Waals surface area contributed by atoms with Gasteiger partial charge in [-0.1, -0.05) is 54.0 Å². The first kappa shape index (κ1) is 21.5. The van der Waals surface area contributed by atoms with Gasteiger partial charge >= 0.3 is 0 Å². The van der Waals surface area contributed by atoms with Crippen LogP contribution in [0.15, 0.2) is 52.1 Å². The third-order valence-electron chi connectivity index (χ3n) is 3.98. The summed E-state index contributed by atoms with van der Waals surface area (Å²) in [5.74, 6) is -0.374. The van der Waals surface area contributed by atoms with Crippen LogP contribution in [0.1, 0.15) is 13.3 Å². The summed E-state index contributed by atoms with van der Waals surface area (Å²) in [6, 6.07) is 12.2. The number of carbonyl (C=O) groups is 2. The molecule has 0 fully saturated rings. The summed E-state index contributed by atoms with van der Waals surface area (Å²) in [6.07, 6.45) is 0.730. The van der Waals surface area contributed by atoms with Crippen LogP contribution in [0.2, 0.25) is 10.0 Å². The van der Waals surface area contributed by atoms with Crippen LogP contribution in [0.3, 0.4) is 0 Å². The number of rotatable bonds is 8. The minimum absolute atomic E-state index is 0.0697. The Bertz CT molecular complexity index is 992. The number of nitrogens with one attached hydrogen (secondary N) is 1. The summed E-state index contributed by atoms with van der Waals surface area (Å²) in [6.45, 7) is 2.34. The molecule has 0 bridgehead atoms. The lowest BCUT2D eigenvalue weighted by Crippen LogP contribution is -2.39. The fourth-order valence-corrected chi connectivity index (χ4v) is 3.84. The lowest BCUT2D eigenvalue weighted by molar-refractivity contribution is -0.132. The van der Waals surface area contributed by atoms with Crippen molar-refractivity contribution >= 4 is 63.6 Å². The zero-order valence-corrected chi connectivity index (χ0v) is 18.0. The molecule has 0 saturated carbocycles. The van der Waals surface area contributed by atoms with Crippen molar-refractivity contribution in [3.8, 4) is 0 Å². The Morgan fingerprint density at radius 3 is 2.72 bits per heavy atom. The molecule has 152 valence electrons. The van der Waals surface area contributed by atoms with Crippen LogP contribution in [0.5, 0.6) is 0 Å². The first-order valence-electron chi connectivity index (χ1n) is 8.97. The van der Waals surface area contributed by atoms with Crippen molar-refractivity contribution < 1.29 is 14.0 Å². The predicted molar refractivity (Wildman–Crippen MR) is 117 cm³/mol. The Kier molecular flexibility index (Phi) is 7.41. The van der Waals surface area contributed by atoms with Gasteiger partial charge in [0, 0.05) is 11.6 Å². The highest BCUT2D eigenvalue weighted by Gasteiger charge is 2.19. The maximum Gasteiger partial charge on any atom is 0.257 e. The summed E-state index contributed by atoms with van der Waals surface area (Å²) < 4.78 is 5.62. The van der Waals surface area contributed by atoms with Gasteiger partial charge in [-0.3, -0.25) is 9.59 Å². The van der Waals surface area contributed by atoms with Crippen molar-refractivity contribution in [3.63, 3.8) is 0 Å². The maximum atomic E-state index is 12.6. The largest absolute Gasteiger partial charge is 0.431 e. The smallest absolute Gasteiger partial charge is 0.257 e. The lowest BCUT2D eigenvalue weighted by Gasteiger charge is -2.21. The van der Waals surface area contributed by atoms with Crippen LogP contribution < -0.4 is 5.32 Å². The number of hydrogen-bond donors (Lipinski definition) is 1. The molecule has 9 heteroatoms. The molecule has 0 aliphatic carbocycles. The Morgan fingerprint density at radius 1 is 1.21 bits per heavy atom. The fraction of sp³-hybridized carbons (Fsp3) is 0.250. The number of anilines is 1. The van der Waals surface area contributed by atoms with Crippen molar-refractivity contribution in [2.24, 2.45) is 0 Å². The van der Waals surface area contributed by atoms with E-state index in [1.54, 1.807) is 18.2 Å². The lowest BCUT2D eigenvalue weighted by atomic mass is 10.3. The van der Waals surface area contributed by atoms with Crippen LogP contribution in [-0.2, 0) is 9.59 Å². The number of amides is 2. The maximum absolute atomic E-state index is 12.6. The topological polar surface area (TPSA) is 75.4 Å². The monoisotopic (exact) mass is 451 g/mol. The number of halogens is 2. The molecule has 0 aliphatic heterocycles. The number of para-hydroxylation sites is 2. The van der Waals surface area contributed by atoms with Crippen LogP contribution in [0, 0.1) is 0 Å². The minimum Gasteiger partial charge on any atom is -0.431 e. The van der Waals surface area contributed by atoms with Crippen molar-refractivity contribution in [2.45, 2.75) is 18.6 Å². The molecular formula is C20H19Cl2N3O3S. The van der Waals surface area contributed by atoms with E-state index in [9.17, 15) is 9.59 Å². The molecule has 0 spiro atoms. The van der Waals surface area contributed by atoms with E-state index in [0.29, 0.717) is 33.1 Å². The van der Waals surface area contributed by atoms with Gasteiger partial charge in [-0.2, -0.15) is 0 Å². The molecule has 2 aromatic carbocycles. The van der Waals surface area contributed by atoms with E-state index in [4.69, 9.17) is 27.6 Å². The van der Waals surface area contributed by atoms with Gasteiger partial charge in [0.1, 0.15) is 5.52 Å². The summed E-state index contributed by atoms with van der Waals surface area (Å²) in [5.41, 5.74) is 1.87. The third kappa shape index (κ3) is 5.88. The second-order valence-electron chi connectivity index (χ2n) is 6.22. The van der Waals surface area contributed by atoms with E-state index < -0.39 is 0 Å². The van der Waals surface area contributed by atoms with Gasteiger partial charge < -0.3 is 14.6 Å². The second kappa shape index (κ2) is 10.0. The first-order valence-corrected chi connectivity index (χ1v) is 10.7. The van der Waals surface area contributed by atoms with Crippen LogP contribution >= 0.6 is 35.0 Å². The Hall–Kier alpha value is -2.22. The number of nitrogens with zero attached hydrogens (tertiary/aromatic N) is 2.